The highest BCUT2D eigenvalue weighted by molar-refractivity contribution is 4.82. The van der Waals surface area contributed by atoms with Crippen LogP contribution in [0.2, 0.25) is 0 Å². The minimum atomic E-state index is -0.226. The molecule has 0 saturated carbocycles. The van der Waals surface area contributed by atoms with Gasteiger partial charge in [-0.15, -0.1) is 0 Å². The van der Waals surface area contributed by atoms with Crippen LogP contribution in [-0.4, -0.2) is 52.4 Å². The van der Waals surface area contributed by atoms with Crippen LogP contribution in [0.4, 0.5) is 0 Å². The molecule has 1 fully saturated rings. The van der Waals surface area contributed by atoms with E-state index in [4.69, 9.17) is 4.52 Å². The Bertz CT molecular complexity index is 372. The predicted octanol–water partition coefficient (Wildman–Crippen LogP) is 0.560. The van der Waals surface area contributed by atoms with Crippen molar-refractivity contribution in [2.45, 2.75) is 39.3 Å². The second kappa shape index (κ2) is 6.98. The quantitative estimate of drug-likeness (QED) is 0.785. The number of aliphatic hydroxyl groups is 1. The lowest BCUT2D eigenvalue weighted by Crippen LogP contribution is -2.40. The number of hydrogen-bond acceptors (Lipinski definition) is 6. The first kappa shape index (κ1) is 14.4. The summed E-state index contributed by atoms with van der Waals surface area (Å²) in [6.45, 7) is 8.26. The van der Waals surface area contributed by atoms with Crippen molar-refractivity contribution in [3.63, 3.8) is 0 Å². The zero-order valence-corrected chi connectivity index (χ0v) is 11.8. The molecule has 0 bridgehead atoms. The van der Waals surface area contributed by atoms with Gasteiger partial charge in [0.15, 0.2) is 5.82 Å². The van der Waals surface area contributed by atoms with E-state index >= 15 is 0 Å². The SMILES string of the molecule is Cc1noc(CNCC2CCN(C[C@@H](C)O)CC2)n1. The molecule has 2 rings (SSSR count). The molecule has 1 aliphatic rings. The molecule has 0 spiro atoms. The standard InChI is InChI=1S/C13H24N4O2/c1-10(18)9-17-5-3-12(4-6-17)7-14-8-13-15-11(2)16-19-13/h10,12,14,18H,3-9H2,1-2H3/t10-/m1/s1. The number of β-amino-alcohol motifs (C(OH)–C–C–N with tert-alkyl or cyclic N) is 1. The molecular weight excluding hydrogens is 244 g/mol. The number of piperidine rings is 1. The van der Waals surface area contributed by atoms with Crippen molar-refractivity contribution in [2.75, 3.05) is 26.2 Å². The van der Waals surface area contributed by atoms with Gasteiger partial charge in [0.05, 0.1) is 12.6 Å². The lowest BCUT2D eigenvalue weighted by atomic mass is 9.96. The van der Waals surface area contributed by atoms with Crippen LogP contribution < -0.4 is 5.32 Å². The van der Waals surface area contributed by atoms with Crippen LogP contribution in [-0.2, 0) is 6.54 Å². The van der Waals surface area contributed by atoms with Crippen LogP contribution in [0.3, 0.4) is 0 Å². The van der Waals surface area contributed by atoms with E-state index in [0.29, 0.717) is 24.2 Å². The third-order valence-electron chi connectivity index (χ3n) is 3.51. The van der Waals surface area contributed by atoms with E-state index in [9.17, 15) is 5.11 Å². The van der Waals surface area contributed by atoms with E-state index in [1.165, 1.54) is 12.8 Å². The Labute approximate surface area is 114 Å². The van der Waals surface area contributed by atoms with Gasteiger partial charge in [-0.2, -0.15) is 4.98 Å². The second-order valence-electron chi connectivity index (χ2n) is 5.46. The van der Waals surface area contributed by atoms with Crippen LogP contribution in [0.5, 0.6) is 0 Å². The summed E-state index contributed by atoms with van der Waals surface area (Å²) in [4.78, 5) is 6.50. The average Bonchev–Trinajstić information content (AvgIpc) is 2.77. The van der Waals surface area contributed by atoms with Crippen molar-refractivity contribution < 1.29 is 9.63 Å². The van der Waals surface area contributed by atoms with Gasteiger partial charge in [-0.1, -0.05) is 5.16 Å². The van der Waals surface area contributed by atoms with Gasteiger partial charge in [-0.05, 0) is 52.2 Å². The molecule has 2 N–H and O–H groups in total. The van der Waals surface area contributed by atoms with E-state index in [2.05, 4.69) is 20.4 Å². The van der Waals surface area contributed by atoms with Gasteiger partial charge in [0.2, 0.25) is 5.89 Å². The van der Waals surface area contributed by atoms with Crippen LogP contribution in [0.1, 0.15) is 31.5 Å². The van der Waals surface area contributed by atoms with Gasteiger partial charge in [0.25, 0.3) is 0 Å². The van der Waals surface area contributed by atoms with Crippen molar-refractivity contribution in [1.82, 2.24) is 20.4 Å². The van der Waals surface area contributed by atoms with Gasteiger partial charge in [0.1, 0.15) is 0 Å². The third-order valence-corrected chi connectivity index (χ3v) is 3.51. The summed E-state index contributed by atoms with van der Waals surface area (Å²) in [5.41, 5.74) is 0. The summed E-state index contributed by atoms with van der Waals surface area (Å²) in [7, 11) is 0. The number of aryl methyl sites for hydroxylation is 1. The first-order valence-corrected chi connectivity index (χ1v) is 7.04. The Morgan fingerprint density at radius 1 is 1.47 bits per heavy atom. The number of nitrogens with zero attached hydrogens (tertiary/aromatic N) is 3. The molecule has 1 saturated heterocycles. The number of aliphatic hydroxyl groups excluding tert-OH is 1. The molecule has 0 aliphatic carbocycles. The first-order valence-electron chi connectivity index (χ1n) is 7.04. The molecule has 6 heteroatoms. The molecule has 1 aromatic heterocycles. The van der Waals surface area contributed by atoms with Crippen LogP contribution in [0.15, 0.2) is 4.52 Å². The monoisotopic (exact) mass is 268 g/mol. The van der Waals surface area contributed by atoms with Gasteiger partial charge in [0, 0.05) is 6.54 Å². The average molecular weight is 268 g/mol. The molecule has 108 valence electrons. The number of likely N-dealkylation sites (tertiary alicyclic amines) is 1. The molecule has 2 heterocycles. The summed E-state index contributed by atoms with van der Waals surface area (Å²) < 4.78 is 5.05. The summed E-state index contributed by atoms with van der Waals surface area (Å²) in [6, 6.07) is 0. The molecule has 1 aromatic rings. The van der Waals surface area contributed by atoms with E-state index in [0.717, 1.165) is 26.2 Å². The fourth-order valence-corrected chi connectivity index (χ4v) is 2.54. The molecule has 0 radical (unpaired) electrons. The van der Waals surface area contributed by atoms with Crippen molar-refractivity contribution in [2.24, 2.45) is 5.92 Å². The zero-order chi connectivity index (χ0) is 13.7. The largest absolute Gasteiger partial charge is 0.392 e. The van der Waals surface area contributed by atoms with Crippen molar-refractivity contribution in [1.29, 1.82) is 0 Å². The number of rotatable bonds is 6. The van der Waals surface area contributed by atoms with Crippen molar-refractivity contribution in [3.05, 3.63) is 11.7 Å². The third kappa shape index (κ3) is 4.89. The first-order chi connectivity index (χ1) is 9.13. The Morgan fingerprint density at radius 2 is 2.21 bits per heavy atom. The fourth-order valence-electron chi connectivity index (χ4n) is 2.54. The lowest BCUT2D eigenvalue weighted by Gasteiger charge is -2.32. The molecule has 0 unspecified atom stereocenters. The van der Waals surface area contributed by atoms with Crippen LogP contribution in [0.25, 0.3) is 0 Å². The highest BCUT2D eigenvalue weighted by atomic mass is 16.5. The molecule has 0 aromatic carbocycles. The number of nitrogens with one attached hydrogen (secondary N) is 1. The minimum Gasteiger partial charge on any atom is -0.392 e. The molecular formula is C13H24N4O2. The maximum atomic E-state index is 9.36. The molecule has 0 amide bonds. The van der Waals surface area contributed by atoms with Gasteiger partial charge in [-0.3, -0.25) is 0 Å². The molecule has 1 atom stereocenters. The van der Waals surface area contributed by atoms with E-state index < -0.39 is 0 Å². The van der Waals surface area contributed by atoms with Crippen LogP contribution in [0, 0.1) is 12.8 Å². The Morgan fingerprint density at radius 3 is 2.79 bits per heavy atom. The van der Waals surface area contributed by atoms with Gasteiger partial charge < -0.3 is 19.8 Å². The fraction of sp³-hybridized carbons (Fsp3) is 0.846. The maximum absolute atomic E-state index is 9.36. The van der Waals surface area contributed by atoms with E-state index in [-0.39, 0.29) is 6.10 Å². The number of aromatic nitrogens is 2. The minimum absolute atomic E-state index is 0.226. The summed E-state index contributed by atoms with van der Waals surface area (Å²) >= 11 is 0. The van der Waals surface area contributed by atoms with Crippen molar-refractivity contribution in [3.8, 4) is 0 Å². The lowest BCUT2D eigenvalue weighted by molar-refractivity contribution is 0.0996. The Balaban J connectivity index is 1.60. The summed E-state index contributed by atoms with van der Waals surface area (Å²) in [6.07, 6.45) is 2.14. The molecule has 1 aliphatic heterocycles. The van der Waals surface area contributed by atoms with Gasteiger partial charge in [-0.25, -0.2) is 0 Å². The predicted molar refractivity (Wildman–Crippen MR) is 71.6 cm³/mol. The topological polar surface area (TPSA) is 74.4 Å². The maximum Gasteiger partial charge on any atom is 0.240 e. The van der Waals surface area contributed by atoms with E-state index in [1.54, 1.807) is 0 Å². The normalized spacial score (nSPS) is 19.7. The summed E-state index contributed by atoms with van der Waals surface area (Å²) in [5, 5.41) is 16.5. The highest BCUT2D eigenvalue weighted by Gasteiger charge is 2.19. The Hall–Kier alpha value is -0.980. The van der Waals surface area contributed by atoms with Gasteiger partial charge >= 0.3 is 0 Å². The highest BCUT2D eigenvalue weighted by Crippen LogP contribution is 2.16. The van der Waals surface area contributed by atoms with E-state index in [1.807, 2.05) is 13.8 Å². The van der Waals surface area contributed by atoms with Crippen LogP contribution >= 0.6 is 0 Å². The molecule has 19 heavy (non-hydrogen) atoms. The molecule has 6 nitrogen and oxygen atoms in total. The Kier molecular flexibility index (Phi) is 5.30. The number of hydrogen-bond donors (Lipinski definition) is 2. The van der Waals surface area contributed by atoms with Crippen molar-refractivity contribution >= 4 is 0 Å². The summed E-state index contributed by atoms with van der Waals surface area (Å²) in [5.74, 6) is 2.04. The smallest absolute Gasteiger partial charge is 0.240 e. The zero-order valence-electron chi connectivity index (χ0n) is 11.8. The second-order valence-corrected chi connectivity index (χ2v) is 5.46.